The maximum Gasteiger partial charge on any atom is 0.426 e. The molecule has 0 unspecified atom stereocenters. The van der Waals surface area contributed by atoms with Crippen molar-refractivity contribution < 1.29 is 14.3 Å². The van der Waals surface area contributed by atoms with Gasteiger partial charge in [0.15, 0.2) is 5.11 Å². The third-order valence-electron chi connectivity index (χ3n) is 1.27. The number of hydrazine groups is 1. The van der Waals surface area contributed by atoms with E-state index in [4.69, 9.17) is 21.7 Å². The zero-order chi connectivity index (χ0) is 12.6. The van der Waals surface area contributed by atoms with Crippen molar-refractivity contribution in [2.24, 2.45) is 0 Å². The molecule has 0 heterocycles. The predicted molar refractivity (Wildman–Crippen MR) is 65.0 cm³/mol. The summed E-state index contributed by atoms with van der Waals surface area (Å²) in [4.78, 5) is 11.2. The summed E-state index contributed by atoms with van der Waals surface area (Å²) in [5.41, 5.74) is 4.28. The summed E-state index contributed by atoms with van der Waals surface area (Å²) in [7, 11) is 1.59. The fourth-order valence-corrected chi connectivity index (χ4v) is 0.875. The van der Waals surface area contributed by atoms with Gasteiger partial charge in [-0.3, -0.25) is 5.43 Å². The van der Waals surface area contributed by atoms with Gasteiger partial charge in [-0.1, -0.05) is 0 Å². The zero-order valence-electron chi connectivity index (χ0n) is 10.0. The van der Waals surface area contributed by atoms with Crippen LogP contribution in [0, 0.1) is 0 Å². The summed E-state index contributed by atoms with van der Waals surface area (Å²) < 4.78 is 9.81. The van der Waals surface area contributed by atoms with E-state index in [0.717, 1.165) is 0 Å². The normalized spacial score (nSPS) is 10.5. The number of hydrogen-bond acceptors (Lipinski definition) is 4. The number of rotatable bonds is 3. The van der Waals surface area contributed by atoms with Crippen LogP contribution >= 0.6 is 12.2 Å². The molecule has 0 bridgehead atoms. The van der Waals surface area contributed by atoms with Crippen LogP contribution in [0.25, 0.3) is 0 Å². The SMILES string of the molecule is COCCNC(=S)NNC(=O)OC(C)(C)C. The third kappa shape index (κ3) is 9.47. The Morgan fingerprint density at radius 1 is 1.31 bits per heavy atom. The number of amides is 1. The molecule has 3 N–H and O–H groups in total. The molecule has 0 spiro atoms. The van der Waals surface area contributed by atoms with Gasteiger partial charge in [0.25, 0.3) is 0 Å². The quantitative estimate of drug-likeness (QED) is 0.385. The molecule has 0 atom stereocenters. The summed E-state index contributed by atoms with van der Waals surface area (Å²) in [6.07, 6.45) is -0.580. The lowest BCUT2D eigenvalue weighted by atomic mass is 10.2. The molecular formula is C9H19N3O3S. The molecule has 1 amide bonds. The minimum Gasteiger partial charge on any atom is -0.443 e. The zero-order valence-corrected chi connectivity index (χ0v) is 10.9. The number of methoxy groups -OCH3 is 1. The van der Waals surface area contributed by atoms with Gasteiger partial charge in [0.2, 0.25) is 0 Å². The molecule has 0 saturated heterocycles. The molecule has 0 aromatic carbocycles. The Labute approximate surface area is 101 Å². The minimum absolute atomic E-state index is 0.308. The fourth-order valence-electron chi connectivity index (χ4n) is 0.722. The topological polar surface area (TPSA) is 71.6 Å². The van der Waals surface area contributed by atoms with Crippen LogP contribution < -0.4 is 16.2 Å². The number of carbonyl (C=O) groups is 1. The van der Waals surface area contributed by atoms with Gasteiger partial charge in [0.1, 0.15) is 5.60 Å². The lowest BCUT2D eigenvalue weighted by Crippen LogP contribution is -2.48. The molecule has 7 heteroatoms. The molecule has 94 valence electrons. The molecule has 0 aliphatic rings. The van der Waals surface area contributed by atoms with Gasteiger partial charge in [-0.05, 0) is 33.0 Å². The second kappa shape index (κ2) is 7.24. The first-order valence-electron chi connectivity index (χ1n) is 4.87. The van der Waals surface area contributed by atoms with Gasteiger partial charge in [-0.2, -0.15) is 0 Å². The summed E-state index contributed by atoms with van der Waals surface area (Å²) in [6.45, 7) is 6.44. The van der Waals surface area contributed by atoms with Crippen LogP contribution in [-0.4, -0.2) is 37.1 Å². The first-order chi connectivity index (χ1) is 7.35. The van der Waals surface area contributed by atoms with E-state index in [1.54, 1.807) is 27.9 Å². The van der Waals surface area contributed by atoms with E-state index in [1.807, 2.05) is 0 Å². The van der Waals surface area contributed by atoms with Crippen molar-refractivity contribution in [2.45, 2.75) is 26.4 Å². The van der Waals surface area contributed by atoms with Crippen molar-refractivity contribution in [3.63, 3.8) is 0 Å². The van der Waals surface area contributed by atoms with E-state index >= 15 is 0 Å². The van der Waals surface area contributed by atoms with Crippen LogP contribution in [0.1, 0.15) is 20.8 Å². The largest absolute Gasteiger partial charge is 0.443 e. The highest BCUT2D eigenvalue weighted by Crippen LogP contribution is 2.05. The van der Waals surface area contributed by atoms with Crippen molar-refractivity contribution in [2.75, 3.05) is 20.3 Å². The number of ether oxygens (including phenoxy) is 2. The Hall–Kier alpha value is -1.08. The lowest BCUT2D eigenvalue weighted by Gasteiger charge is -2.20. The van der Waals surface area contributed by atoms with Crippen molar-refractivity contribution in [3.05, 3.63) is 0 Å². The van der Waals surface area contributed by atoms with E-state index in [0.29, 0.717) is 18.3 Å². The molecule has 0 saturated carbocycles. The molecule has 0 aliphatic heterocycles. The Balaban J connectivity index is 3.63. The van der Waals surface area contributed by atoms with E-state index in [-0.39, 0.29) is 0 Å². The first kappa shape index (κ1) is 14.9. The molecular weight excluding hydrogens is 230 g/mol. The van der Waals surface area contributed by atoms with Crippen LogP contribution in [-0.2, 0) is 9.47 Å². The molecule has 0 aromatic heterocycles. The highest BCUT2D eigenvalue weighted by Gasteiger charge is 2.15. The number of hydrogen-bond donors (Lipinski definition) is 3. The maximum atomic E-state index is 11.2. The van der Waals surface area contributed by atoms with Crippen LogP contribution in [0.15, 0.2) is 0 Å². The van der Waals surface area contributed by atoms with Crippen LogP contribution in [0.3, 0.4) is 0 Å². The van der Waals surface area contributed by atoms with Gasteiger partial charge < -0.3 is 14.8 Å². The highest BCUT2D eigenvalue weighted by molar-refractivity contribution is 7.80. The molecule has 0 fully saturated rings. The van der Waals surface area contributed by atoms with Gasteiger partial charge in [0, 0.05) is 13.7 Å². The molecule has 0 aromatic rings. The third-order valence-corrected chi connectivity index (χ3v) is 1.52. The van der Waals surface area contributed by atoms with Crippen LogP contribution in [0.4, 0.5) is 4.79 Å². The summed E-state index contributed by atoms with van der Waals surface area (Å²) >= 11 is 4.88. The second-order valence-electron chi connectivity index (χ2n) is 4.00. The maximum absolute atomic E-state index is 11.2. The molecule has 0 aliphatic carbocycles. The van der Waals surface area contributed by atoms with E-state index < -0.39 is 11.7 Å². The Kier molecular flexibility index (Phi) is 6.75. The highest BCUT2D eigenvalue weighted by atomic mass is 32.1. The molecule has 16 heavy (non-hydrogen) atoms. The van der Waals surface area contributed by atoms with Crippen molar-refractivity contribution in [1.29, 1.82) is 0 Å². The van der Waals surface area contributed by atoms with Crippen LogP contribution in [0.2, 0.25) is 0 Å². The van der Waals surface area contributed by atoms with E-state index in [2.05, 4.69) is 16.2 Å². The molecule has 0 rings (SSSR count). The Bertz CT molecular complexity index is 241. The summed E-state index contributed by atoms with van der Waals surface area (Å²) in [5, 5.41) is 3.14. The van der Waals surface area contributed by atoms with Crippen molar-refractivity contribution in [3.8, 4) is 0 Å². The van der Waals surface area contributed by atoms with Crippen molar-refractivity contribution in [1.82, 2.24) is 16.2 Å². The number of thiocarbonyl (C=S) groups is 1. The number of nitrogens with one attached hydrogen (secondary N) is 3. The first-order valence-corrected chi connectivity index (χ1v) is 5.28. The Morgan fingerprint density at radius 2 is 1.94 bits per heavy atom. The predicted octanol–water partition coefficient (Wildman–Crippen LogP) is 0.537. The van der Waals surface area contributed by atoms with Gasteiger partial charge in [0.05, 0.1) is 6.61 Å². The Morgan fingerprint density at radius 3 is 2.44 bits per heavy atom. The fraction of sp³-hybridized carbons (Fsp3) is 0.778. The second-order valence-corrected chi connectivity index (χ2v) is 4.41. The summed E-state index contributed by atoms with van der Waals surface area (Å²) in [5.74, 6) is 0. The van der Waals surface area contributed by atoms with Gasteiger partial charge in [-0.15, -0.1) is 0 Å². The molecule has 0 radical (unpaired) electrons. The van der Waals surface area contributed by atoms with Gasteiger partial charge in [-0.25, -0.2) is 10.2 Å². The molecule has 6 nitrogen and oxygen atoms in total. The summed E-state index contributed by atoms with van der Waals surface area (Å²) in [6, 6.07) is 0. The monoisotopic (exact) mass is 249 g/mol. The lowest BCUT2D eigenvalue weighted by molar-refractivity contribution is 0.0513. The van der Waals surface area contributed by atoms with E-state index in [9.17, 15) is 4.79 Å². The standard InChI is InChI=1S/C9H19N3O3S/c1-9(2,3)15-8(13)12-11-7(16)10-5-6-14-4/h5-6H2,1-4H3,(H,12,13)(H2,10,11,16). The average Bonchev–Trinajstić information content (AvgIpc) is 2.12. The van der Waals surface area contributed by atoms with Crippen molar-refractivity contribution >= 4 is 23.4 Å². The average molecular weight is 249 g/mol. The van der Waals surface area contributed by atoms with E-state index in [1.165, 1.54) is 0 Å². The van der Waals surface area contributed by atoms with Gasteiger partial charge >= 0.3 is 6.09 Å². The smallest absolute Gasteiger partial charge is 0.426 e. The number of carbonyl (C=O) groups excluding carboxylic acids is 1. The van der Waals surface area contributed by atoms with Crippen LogP contribution in [0.5, 0.6) is 0 Å². The minimum atomic E-state index is -0.580.